The van der Waals surface area contributed by atoms with Gasteiger partial charge in [-0.15, -0.1) is 0 Å². The largest absolute Gasteiger partial charge is 0.452 e. The Hall–Kier alpha value is -2.90. The Morgan fingerprint density at radius 3 is 2.77 bits per heavy atom. The second-order valence-electron chi connectivity index (χ2n) is 4.59. The molecule has 0 aliphatic carbocycles. The minimum absolute atomic E-state index is 0.0188. The number of anilines is 2. The van der Waals surface area contributed by atoms with E-state index in [1.165, 1.54) is 25.1 Å². The van der Waals surface area contributed by atoms with Gasteiger partial charge in [-0.25, -0.2) is 9.18 Å². The van der Waals surface area contributed by atoms with E-state index >= 15 is 0 Å². The summed E-state index contributed by atoms with van der Waals surface area (Å²) in [7, 11) is 0. The van der Waals surface area contributed by atoms with E-state index in [0.29, 0.717) is 11.3 Å². The number of amides is 1. The Kier molecular flexibility index (Phi) is 4.40. The molecule has 3 N–H and O–H groups in total. The van der Waals surface area contributed by atoms with E-state index in [1.54, 1.807) is 6.92 Å². The summed E-state index contributed by atoms with van der Waals surface area (Å²) in [6, 6.07) is 3.98. The predicted molar refractivity (Wildman–Crippen MR) is 75.7 cm³/mol. The van der Waals surface area contributed by atoms with Crippen molar-refractivity contribution in [3.05, 3.63) is 40.8 Å². The zero-order valence-electron chi connectivity index (χ0n) is 12.0. The van der Waals surface area contributed by atoms with E-state index in [0.717, 1.165) is 0 Å². The van der Waals surface area contributed by atoms with Gasteiger partial charge in [-0.2, -0.15) is 0 Å². The number of carbonyl (C=O) groups is 2. The molecule has 1 heterocycles. The zero-order valence-corrected chi connectivity index (χ0v) is 12.0. The Balaban J connectivity index is 1.96. The molecule has 1 aromatic carbocycles. The molecular weight excluding hydrogens is 293 g/mol. The predicted octanol–water partition coefficient (Wildman–Crippen LogP) is 1.81. The van der Waals surface area contributed by atoms with Crippen LogP contribution in [-0.2, 0) is 9.53 Å². The van der Waals surface area contributed by atoms with E-state index < -0.39 is 24.3 Å². The van der Waals surface area contributed by atoms with Crippen molar-refractivity contribution in [1.29, 1.82) is 0 Å². The number of nitrogens with one attached hydrogen (secondary N) is 1. The van der Waals surface area contributed by atoms with E-state index in [-0.39, 0.29) is 17.1 Å². The number of ether oxygens (including phenoxy) is 1. The maximum Gasteiger partial charge on any atom is 0.346 e. The molecule has 0 saturated heterocycles. The number of carbonyl (C=O) groups excluding carboxylic acids is 2. The summed E-state index contributed by atoms with van der Waals surface area (Å²) in [6.07, 6.45) is 0. The highest BCUT2D eigenvalue weighted by Crippen LogP contribution is 2.17. The van der Waals surface area contributed by atoms with Crippen LogP contribution >= 0.6 is 0 Å². The molecule has 0 spiro atoms. The number of aryl methyl sites for hydroxylation is 2. The molecule has 0 saturated carbocycles. The summed E-state index contributed by atoms with van der Waals surface area (Å²) < 4.78 is 22.6. The van der Waals surface area contributed by atoms with Gasteiger partial charge in [0.05, 0.1) is 5.69 Å². The molecule has 0 aliphatic rings. The number of esters is 1. The van der Waals surface area contributed by atoms with Crippen LogP contribution in [0.5, 0.6) is 0 Å². The first-order valence-corrected chi connectivity index (χ1v) is 6.33. The first kappa shape index (κ1) is 15.5. The molecule has 1 aromatic heterocycles. The molecule has 0 fully saturated rings. The number of hydrogen-bond donors (Lipinski definition) is 2. The van der Waals surface area contributed by atoms with Gasteiger partial charge in [-0.05, 0) is 31.5 Å². The third-order valence-corrected chi connectivity index (χ3v) is 2.90. The monoisotopic (exact) mass is 307 g/mol. The summed E-state index contributed by atoms with van der Waals surface area (Å²) in [6.45, 7) is 2.69. The SMILES string of the molecule is Cc1ccc(F)cc1NC(=O)COC(=O)c1c(C)noc1N. The van der Waals surface area contributed by atoms with E-state index in [1.807, 2.05) is 0 Å². The third-order valence-electron chi connectivity index (χ3n) is 2.90. The Morgan fingerprint density at radius 2 is 2.14 bits per heavy atom. The summed E-state index contributed by atoms with van der Waals surface area (Å²) >= 11 is 0. The molecule has 2 aromatic rings. The number of aromatic nitrogens is 1. The van der Waals surface area contributed by atoms with Crippen molar-refractivity contribution in [2.45, 2.75) is 13.8 Å². The molecule has 2 rings (SSSR count). The lowest BCUT2D eigenvalue weighted by atomic mass is 10.2. The van der Waals surface area contributed by atoms with Gasteiger partial charge in [0.2, 0.25) is 5.88 Å². The maximum atomic E-state index is 13.1. The van der Waals surface area contributed by atoms with Crippen molar-refractivity contribution in [3.8, 4) is 0 Å². The number of nitrogens with zero attached hydrogens (tertiary/aromatic N) is 1. The van der Waals surface area contributed by atoms with Crippen molar-refractivity contribution in [1.82, 2.24) is 5.16 Å². The first-order chi connectivity index (χ1) is 10.4. The van der Waals surface area contributed by atoms with Crippen LogP contribution < -0.4 is 11.1 Å². The minimum Gasteiger partial charge on any atom is -0.452 e. The highest BCUT2D eigenvalue weighted by Gasteiger charge is 2.20. The normalized spacial score (nSPS) is 10.3. The molecule has 116 valence electrons. The molecule has 8 heteroatoms. The Labute approximate surface area is 125 Å². The number of nitrogens with two attached hydrogens (primary N) is 1. The van der Waals surface area contributed by atoms with Crippen LogP contribution in [0.2, 0.25) is 0 Å². The van der Waals surface area contributed by atoms with Gasteiger partial charge in [0.15, 0.2) is 6.61 Å². The second-order valence-corrected chi connectivity index (χ2v) is 4.59. The van der Waals surface area contributed by atoms with Crippen LogP contribution in [0.25, 0.3) is 0 Å². The van der Waals surface area contributed by atoms with Crippen LogP contribution in [0.1, 0.15) is 21.6 Å². The third kappa shape index (κ3) is 3.40. The second kappa shape index (κ2) is 6.25. The number of halogens is 1. The molecule has 22 heavy (non-hydrogen) atoms. The van der Waals surface area contributed by atoms with Crippen LogP contribution in [0.15, 0.2) is 22.7 Å². The zero-order chi connectivity index (χ0) is 16.3. The Morgan fingerprint density at radius 1 is 1.41 bits per heavy atom. The fourth-order valence-corrected chi connectivity index (χ4v) is 1.75. The van der Waals surface area contributed by atoms with Gasteiger partial charge < -0.3 is 20.3 Å². The number of hydrogen-bond acceptors (Lipinski definition) is 6. The van der Waals surface area contributed by atoms with Gasteiger partial charge in [-0.1, -0.05) is 11.2 Å². The van der Waals surface area contributed by atoms with Crippen LogP contribution in [0, 0.1) is 19.7 Å². The van der Waals surface area contributed by atoms with Crippen molar-refractivity contribution >= 4 is 23.4 Å². The lowest BCUT2D eigenvalue weighted by molar-refractivity contribution is -0.119. The standard InChI is InChI=1S/C14H14FN3O4/c1-7-3-4-9(15)5-10(7)17-11(19)6-21-14(20)12-8(2)18-22-13(12)16/h3-5H,6,16H2,1-2H3,(H,17,19). The van der Waals surface area contributed by atoms with Gasteiger partial charge in [0.1, 0.15) is 11.4 Å². The molecule has 0 bridgehead atoms. The highest BCUT2D eigenvalue weighted by molar-refractivity contribution is 5.98. The summed E-state index contributed by atoms with van der Waals surface area (Å²) in [5, 5.41) is 5.96. The fourth-order valence-electron chi connectivity index (χ4n) is 1.75. The smallest absolute Gasteiger partial charge is 0.346 e. The van der Waals surface area contributed by atoms with Gasteiger partial charge in [0.25, 0.3) is 5.91 Å². The molecule has 0 aliphatic heterocycles. The lowest BCUT2D eigenvalue weighted by Crippen LogP contribution is -2.22. The van der Waals surface area contributed by atoms with E-state index in [9.17, 15) is 14.0 Å². The molecule has 0 radical (unpaired) electrons. The molecule has 0 unspecified atom stereocenters. The first-order valence-electron chi connectivity index (χ1n) is 6.33. The fraction of sp³-hybridized carbons (Fsp3) is 0.214. The average Bonchev–Trinajstić information content (AvgIpc) is 2.80. The molecule has 1 amide bonds. The van der Waals surface area contributed by atoms with E-state index in [2.05, 4.69) is 15.0 Å². The minimum atomic E-state index is -0.817. The highest BCUT2D eigenvalue weighted by atomic mass is 19.1. The quantitative estimate of drug-likeness (QED) is 0.834. The number of rotatable bonds is 4. The maximum absolute atomic E-state index is 13.1. The Bertz CT molecular complexity index is 707. The van der Waals surface area contributed by atoms with Crippen molar-refractivity contribution in [2.24, 2.45) is 0 Å². The molecule has 0 atom stereocenters. The van der Waals surface area contributed by atoms with Crippen molar-refractivity contribution in [2.75, 3.05) is 17.7 Å². The molecular formula is C14H14FN3O4. The summed E-state index contributed by atoms with van der Waals surface area (Å²) in [5.41, 5.74) is 6.67. The van der Waals surface area contributed by atoms with Gasteiger partial charge in [0, 0.05) is 5.69 Å². The number of benzene rings is 1. The average molecular weight is 307 g/mol. The van der Waals surface area contributed by atoms with Crippen molar-refractivity contribution in [3.63, 3.8) is 0 Å². The summed E-state index contributed by atoms with van der Waals surface area (Å²) in [5.74, 6) is -2.08. The van der Waals surface area contributed by atoms with E-state index in [4.69, 9.17) is 10.5 Å². The number of nitrogen functional groups attached to an aromatic ring is 1. The van der Waals surface area contributed by atoms with Crippen LogP contribution in [0.3, 0.4) is 0 Å². The van der Waals surface area contributed by atoms with Gasteiger partial charge in [-0.3, -0.25) is 4.79 Å². The molecule has 7 nitrogen and oxygen atoms in total. The van der Waals surface area contributed by atoms with Crippen molar-refractivity contribution < 1.29 is 23.2 Å². The van der Waals surface area contributed by atoms with Gasteiger partial charge >= 0.3 is 5.97 Å². The topological polar surface area (TPSA) is 107 Å². The lowest BCUT2D eigenvalue weighted by Gasteiger charge is -2.09. The summed E-state index contributed by atoms with van der Waals surface area (Å²) in [4.78, 5) is 23.5. The van der Waals surface area contributed by atoms with Crippen LogP contribution in [-0.4, -0.2) is 23.6 Å². The van der Waals surface area contributed by atoms with Crippen LogP contribution in [0.4, 0.5) is 16.0 Å².